The number of rotatable bonds is 4. The Balaban J connectivity index is 1.91. The third kappa shape index (κ3) is 3.40. The summed E-state index contributed by atoms with van der Waals surface area (Å²) >= 11 is 0. The zero-order valence-electron chi connectivity index (χ0n) is 10.3. The van der Waals surface area contributed by atoms with E-state index in [1.807, 2.05) is 6.92 Å². The van der Waals surface area contributed by atoms with Gasteiger partial charge in [-0.15, -0.1) is 0 Å². The zero-order valence-corrected chi connectivity index (χ0v) is 11.1. The molecule has 5 nitrogen and oxygen atoms in total. The normalized spacial score (nSPS) is 29.4. The summed E-state index contributed by atoms with van der Waals surface area (Å²) in [5, 5.41) is 2.95. The van der Waals surface area contributed by atoms with Crippen molar-refractivity contribution in [3.8, 4) is 0 Å². The summed E-state index contributed by atoms with van der Waals surface area (Å²) in [6.45, 7) is 4.97. The molecule has 17 heavy (non-hydrogen) atoms. The fourth-order valence-corrected chi connectivity index (χ4v) is 4.26. The molecule has 2 fully saturated rings. The minimum Gasteiger partial charge on any atom is -0.381 e. The fourth-order valence-electron chi connectivity index (χ4n) is 2.50. The monoisotopic (exact) mass is 262 g/mol. The van der Waals surface area contributed by atoms with E-state index in [1.165, 1.54) is 0 Å². The Hall–Kier alpha value is -0.170. The molecule has 100 valence electrons. The van der Waals surface area contributed by atoms with Gasteiger partial charge in [0.05, 0.1) is 11.9 Å². The summed E-state index contributed by atoms with van der Waals surface area (Å²) in [5.41, 5.74) is 0. The Kier molecular flexibility index (Phi) is 4.41. The van der Waals surface area contributed by atoms with E-state index in [0.717, 1.165) is 26.1 Å². The molecule has 0 aromatic carbocycles. The van der Waals surface area contributed by atoms with Gasteiger partial charge in [0.2, 0.25) is 10.0 Å². The first-order valence-corrected chi connectivity index (χ1v) is 7.94. The number of hydrogen-bond acceptors (Lipinski definition) is 4. The van der Waals surface area contributed by atoms with Gasteiger partial charge in [-0.1, -0.05) is 0 Å². The van der Waals surface area contributed by atoms with Crippen molar-refractivity contribution in [3.05, 3.63) is 0 Å². The highest BCUT2D eigenvalue weighted by atomic mass is 32.2. The van der Waals surface area contributed by atoms with Crippen LogP contribution < -0.4 is 10.0 Å². The van der Waals surface area contributed by atoms with Gasteiger partial charge in [0.1, 0.15) is 0 Å². The summed E-state index contributed by atoms with van der Waals surface area (Å²) < 4.78 is 32.5. The topological polar surface area (TPSA) is 67.4 Å². The van der Waals surface area contributed by atoms with Crippen molar-refractivity contribution in [3.63, 3.8) is 0 Å². The lowest BCUT2D eigenvalue weighted by molar-refractivity contribution is 0.180. The Morgan fingerprint density at radius 3 is 2.59 bits per heavy atom. The largest absolute Gasteiger partial charge is 0.381 e. The van der Waals surface area contributed by atoms with E-state index >= 15 is 0 Å². The highest BCUT2D eigenvalue weighted by Crippen LogP contribution is 2.19. The van der Waals surface area contributed by atoms with Crippen LogP contribution in [0.2, 0.25) is 0 Å². The maximum atomic E-state index is 12.2. The second-order valence-electron chi connectivity index (χ2n) is 5.02. The molecule has 0 bridgehead atoms. The van der Waals surface area contributed by atoms with Crippen molar-refractivity contribution < 1.29 is 13.2 Å². The standard InChI is InChI=1S/C11H22N2O3S/c1-9(10-4-7-16-8-10)13-17(14,15)11-2-5-12-6-3-11/h9-13H,2-8H2,1H3. The average Bonchev–Trinajstić information content (AvgIpc) is 2.83. The first-order chi connectivity index (χ1) is 8.09. The summed E-state index contributed by atoms with van der Waals surface area (Å²) in [4.78, 5) is 0. The van der Waals surface area contributed by atoms with Gasteiger partial charge < -0.3 is 10.1 Å². The van der Waals surface area contributed by atoms with Crippen LogP contribution in [0.15, 0.2) is 0 Å². The van der Waals surface area contributed by atoms with Crippen LogP contribution in [0.5, 0.6) is 0 Å². The van der Waals surface area contributed by atoms with Crippen molar-refractivity contribution in [2.45, 2.75) is 37.5 Å². The van der Waals surface area contributed by atoms with E-state index in [0.29, 0.717) is 25.4 Å². The van der Waals surface area contributed by atoms with Crippen LogP contribution in [0.25, 0.3) is 0 Å². The van der Waals surface area contributed by atoms with Gasteiger partial charge >= 0.3 is 0 Å². The number of nitrogens with one attached hydrogen (secondary N) is 2. The molecule has 2 atom stereocenters. The average molecular weight is 262 g/mol. The maximum absolute atomic E-state index is 12.2. The molecule has 2 saturated heterocycles. The van der Waals surface area contributed by atoms with Gasteiger partial charge in [0.25, 0.3) is 0 Å². The van der Waals surface area contributed by atoms with Crippen LogP contribution >= 0.6 is 0 Å². The van der Waals surface area contributed by atoms with Crippen LogP contribution in [-0.4, -0.2) is 46.0 Å². The minimum absolute atomic E-state index is 0.0163. The molecular formula is C11H22N2O3S. The van der Waals surface area contributed by atoms with E-state index in [-0.39, 0.29) is 11.3 Å². The molecule has 0 spiro atoms. The molecule has 0 radical (unpaired) electrons. The van der Waals surface area contributed by atoms with Gasteiger partial charge in [-0.05, 0) is 39.3 Å². The van der Waals surface area contributed by atoms with Gasteiger partial charge in [-0.3, -0.25) is 0 Å². The Bertz CT molecular complexity index is 333. The van der Waals surface area contributed by atoms with Crippen molar-refractivity contribution >= 4 is 10.0 Å². The van der Waals surface area contributed by atoms with Crippen molar-refractivity contribution in [2.24, 2.45) is 5.92 Å². The van der Waals surface area contributed by atoms with Crippen LogP contribution in [0.4, 0.5) is 0 Å². The van der Waals surface area contributed by atoms with E-state index in [2.05, 4.69) is 10.0 Å². The summed E-state index contributed by atoms with van der Waals surface area (Å²) in [7, 11) is -3.17. The lowest BCUT2D eigenvalue weighted by Gasteiger charge is -2.26. The second kappa shape index (κ2) is 5.65. The highest BCUT2D eigenvalue weighted by Gasteiger charge is 2.31. The molecule has 0 saturated carbocycles. The Morgan fingerprint density at radius 2 is 2.00 bits per heavy atom. The minimum atomic E-state index is -3.17. The van der Waals surface area contributed by atoms with Crippen molar-refractivity contribution in [1.82, 2.24) is 10.0 Å². The van der Waals surface area contributed by atoms with Crippen LogP contribution in [0, 0.1) is 5.92 Å². The zero-order chi connectivity index (χ0) is 12.3. The number of ether oxygens (including phenoxy) is 1. The third-order valence-corrected chi connectivity index (χ3v) is 5.80. The Morgan fingerprint density at radius 1 is 1.29 bits per heavy atom. The molecule has 2 N–H and O–H groups in total. The molecule has 0 amide bonds. The molecule has 0 aromatic rings. The third-order valence-electron chi connectivity index (χ3n) is 3.75. The first kappa shape index (κ1) is 13.3. The number of hydrogen-bond donors (Lipinski definition) is 2. The molecule has 0 aliphatic carbocycles. The molecule has 2 aliphatic heterocycles. The number of sulfonamides is 1. The van der Waals surface area contributed by atoms with Gasteiger partial charge in [0.15, 0.2) is 0 Å². The lowest BCUT2D eigenvalue weighted by Crippen LogP contribution is -2.46. The van der Waals surface area contributed by atoms with Crippen molar-refractivity contribution in [2.75, 3.05) is 26.3 Å². The first-order valence-electron chi connectivity index (χ1n) is 6.39. The lowest BCUT2D eigenvalue weighted by atomic mass is 10.0. The molecule has 2 aliphatic rings. The molecule has 2 heterocycles. The van der Waals surface area contributed by atoms with Crippen LogP contribution in [-0.2, 0) is 14.8 Å². The summed E-state index contributed by atoms with van der Waals surface area (Å²) in [5.74, 6) is 0.325. The van der Waals surface area contributed by atoms with Gasteiger partial charge in [-0.25, -0.2) is 13.1 Å². The predicted octanol–water partition coefficient (Wildman–Crippen LogP) is 0.0828. The molecule has 2 unspecified atom stereocenters. The maximum Gasteiger partial charge on any atom is 0.214 e. The summed E-state index contributed by atoms with van der Waals surface area (Å²) in [6.07, 6.45) is 2.38. The van der Waals surface area contributed by atoms with E-state index < -0.39 is 10.0 Å². The SMILES string of the molecule is CC(NS(=O)(=O)C1CCNCC1)C1CCOC1. The van der Waals surface area contributed by atoms with Gasteiger partial charge in [0, 0.05) is 18.6 Å². The summed E-state index contributed by atoms with van der Waals surface area (Å²) in [6, 6.07) is -0.0163. The number of piperidine rings is 1. The van der Waals surface area contributed by atoms with E-state index in [1.54, 1.807) is 0 Å². The highest BCUT2D eigenvalue weighted by molar-refractivity contribution is 7.90. The molecular weight excluding hydrogens is 240 g/mol. The van der Waals surface area contributed by atoms with Gasteiger partial charge in [-0.2, -0.15) is 0 Å². The van der Waals surface area contributed by atoms with Crippen LogP contribution in [0.3, 0.4) is 0 Å². The molecule has 2 rings (SSSR count). The molecule has 0 aromatic heterocycles. The Labute approximate surface area is 103 Å². The second-order valence-corrected chi connectivity index (χ2v) is 7.02. The quantitative estimate of drug-likeness (QED) is 0.753. The predicted molar refractivity (Wildman–Crippen MR) is 66.3 cm³/mol. The molecule has 6 heteroatoms. The smallest absolute Gasteiger partial charge is 0.214 e. The van der Waals surface area contributed by atoms with Crippen LogP contribution in [0.1, 0.15) is 26.2 Å². The fraction of sp³-hybridized carbons (Fsp3) is 1.00. The van der Waals surface area contributed by atoms with Crippen molar-refractivity contribution in [1.29, 1.82) is 0 Å². The van der Waals surface area contributed by atoms with E-state index in [4.69, 9.17) is 4.74 Å². The van der Waals surface area contributed by atoms with E-state index in [9.17, 15) is 8.42 Å².